The molecule has 3 heterocycles. The van der Waals surface area contributed by atoms with E-state index in [0.29, 0.717) is 0 Å². The maximum atomic E-state index is 5.37. The SMILES string of the molecule is C=Cc1c(/C=C\C)n(-c2nc3ccccc3nc2-c2ccc(-c3ccccc3)cc2)c2ccc3c(c4ccccc4n3-c3ccccc3)c12. The van der Waals surface area contributed by atoms with Crippen molar-refractivity contribution in [2.45, 2.75) is 6.92 Å². The van der Waals surface area contributed by atoms with Crippen LogP contribution in [0.5, 0.6) is 0 Å². The molecule has 0 spiro atoms. The molecule has 0 fully saturated rings. The number of benzene rings is 6. The maximum Gasteiger partial charge on any atom is 0.165 e. The van der Waals surface area contributed by atoms with E-state index in [-0.39, 0.29) is 0 Å². The Bertz CT molecular complexity index is 2710. The van der Waals surface area contributed by atoms with Crippen molar-refractivity contribution in [1.29, 1.82) is 0 Å². The number of rotatable bonds is 6. The topological polar surface area (TPSA) is 35.6 Å². The van der Waals surface area contributed by atoms with Crippen molar-refractivity contribution in [3.63, 3.8) is 0 Å². The molecule has 0 saturated heterocycles. The second-order valence-electron chi connectivity index (χ2n) is 12.2. The highest BCUT2D eigenvalue weighted by Crippen LogP contribution is 2.43. The summed E-state index contributed by atoms with van der Waals surface area (Å²) in [5, 5.41) is 3.53. The smallest absolute Gasteiger partial charge is 0.165 e. The van der Waals surface area contributed by atoms with Crippen molar-refractivity contribution in [3.8, 4) is 33.9 Å². The highest BCUT2D eigenvalue weighted by atomic mass is 15.1. The Morgan fingerprint density at radius 3 is 1.84 bits per heavy atom. The first kappa shape index (κ1) is 28.7. The fourth-order valence-corrected chi connectivity index (χ4v) is 7.29. The minimum atomic E-state index is 0.781. The van der Waals surface area contributed by atoms with Gasteiger partial charge in [-0.2, -0.15) is 0 Å². The molecule has 49 heavy (non-hydrogen) atoms. The number of para-hydroxylation sites is 4. The normalized spacial score (nSPS) is 11.8. The van der Waals surface area contributed by atoms with E-state index in [1.165, 1.54) is 16.3 Å². The molecule has 0 aliphatic rings. The molecule has 0 radical (unpaired) electrons. The summed E-state index contributed by atoms with van der Waals surface area (Å²) in [4.78, 5) is 10.7. The maximum absolute atomic E-state index is 5.37. The second kappa shape index (κ2) is 11.6. The van der Waals surface area contributed by atoms with Gasteiger partial charge in [-0.15, -0.1) is 0 Å². The Morgan fingerprint density at radius 2 is 1.12 bits per heavy atom. The largest absolute Gasteiger partial charge is 0.309 e. The van der Waals surface area contributed by atoms with Gasteiger partial charge in [0.1, 0.15) is 5.69 Å². The highest BCUT2D eigenvalue weighted by Gasteiger charge is 2.25. The molecular formula is C45H32N4. The zero-order chi connectivity index (χ0) is 32.9. The summed E-state index contributed by atoms with van der Waals surface area (Å²) in [6, 6.07) is 51.0. The molecule has 9 aromatic rings. The number of aromatic nitrogens is 4. The zero-order valence-corrected chi connectivity index (χ0v) is 27.1. The van der Waals surface area contributed by atoms with Crippen molar-refractivity contribution in [1.82, 2.24) is 19.1 Å². The molecule has 0 bridgehead atoms. The molecule has 232 valence electrons. The van der Waals surface area contributed by atoms with Crippen LogP contribution in [0.4, 0.5) is 0 Å². The van der Waals surface area contributed by atoms with Gasteiger partial charge in [0.05, 0.1) is 33.3 Å². The van der Waals surface area contributed by atoms with E-state index < -0.39 is 0 Å². The van der Waals surface area contributed by atoms with Gasteiger partial charge in [0.15, 0.2) is 5.82 Å². The number of allylic oxidation sites excluding steroid dienone is 1. The Labute approximate surface area is 284 Å². The van der Waals surface area contributed by atoms with E-state index >= 15 is 0 Å². The van der Waals surface area contributed by atoms with Crippen LogP contribution >= 0.6 is 0 Å². The lowest BCUT2D eigenvalue weighted by molar-refractivity contribution is 1.03. The third kappa shape index (κ3) is 4.53. The second-order valence-corrected chi connectivity index (χ2v) is 12.2. The van der Waals surface area contributed by atoms with Crippen LogP contribution in [0.2, 0.25) is 0 Å². The monoisotopic (exact) mass is 628 g/mol. The Morgan fingerprint density at radius 1 is 0.531 bits per heavy atom. The molecule has 0 amide bonds. The predicted molar refractivity (Wildman–Crippen MR) is 206 cm³/mol. The molecule has 0 saturated carbocycles. The van der Waals surface area contributed by atoms with Gasteiger partial charge in [0.25, 0.3) is 0 Å². The highest BCUT2D eigenvalue weighted by molar-refractivity contribution is 6.24. The van der Waals surface area contributed by atoms with Gasteiger partial charge >= 0.3 is 0 Å². The van der Waals surface area contributed by atoms with Crippen LogP contribution in [0, 0.1) is 0 Å². The summed E-state index contributed by atoms with van der Waals surface area (Å²) in [6.45, 7) is 6.42. The van der Waals surface area contributed by atoms with Crippen LogP contribution in [-0.4, -0.2) is 19.1 Å². The average Bonchev–Trinajstić information content (AvgIpc) is 3.67. The fourth-order valence-electron chi connectivity index (χ4n) is 7.29. The van der Waals surface area contributed by atoms with Gasteiger partial charge < -0.3 is 4.57 Å². The zero-order valence-electron chi connectivity index (χ0n) is 27.1. The van der Waals surface area contributed by atoms with Crippen LogP contribution in [-0.2, 0) is 0 Å². The molecule has 4 nitrogen and oxygen atoms in total. The van der Waals surface area contributed by atoms with Crippen molar-refractivity contribution in [2.24, 2.45) is 0 Å². The summed E-state index contributed by atoms with van der Waals surface area (Å²) in [5.74, 6) is 0.781. The van der Waals surface area contributed by atoms with Crippen LogP contribution < -0.4 is 0 Å². The van der Waals surface area contributed by atoms with E-state index in [1.54, 1.807) is 0 Å². The number of hydrogen-bond donors (Lipinski definition) is 0. The summed E-state index contributed by atoms with van der Waals surface area (Å²) in [7, 11) is 0. The molecule has 9 rings (SSSR count). The van der Waals surface area contributed by atoms with Crippen LogP contribution in [0.3, 0.4) is 0 Å². The van der Waals surface area contributed by atoms with Gasteiger partial charge in [-0.3, -0.25) is 4.57 Å². The van der Waals surface area contributed by atoms with Gasteiger partial charge in [0.2, 0.25) is 0 Å². The lowest BCUT2D eigenvalue weighted by Gasteiger charge is -2.15. The van der Waals surface area contributed by atoms with E-state index in [2.05, 4.69) is 150 Å². The van der Waals surface area contributed by atoms with Crippen molar-refractivity contribution in [3.05, 3.63) is 170 Å². The van der Waals surface area contributed by atoms with Gasteiger partial charge in [-0.1, -0.05) is 122 Å². The molecule has 3 aromatic heterocycles. The minimum Gasteiger partial charge on any atom is -0.309 e. The lowest BCUT2D eigenvalue weighted by atomic mass is 10.0. The third-order valence-electron chi connectivity index (χ3n) is 9.42. The Kier molecular flexibility index (Phi) is 6.80. The van der Waals surface area contributed by atoms with E-state index in [1.807, 2.05) is 36.4 Å². The molecular weight excluding hydrogens is 597 g/mol. The molecule has 6 aromatic carbocycles. The molecule has 0 unspecified atom stereocenters. The van der Waals surface area contributed by atoms with Crippen molar-refractivity contribution in [2.75, 3.05) is 0 Å². The first-order chi connectivity index (χ1) is 24.2. The van der Waals surface area contributed by atoms with Crippen LogP contribution in [0.15, 0.2) is 158 Å². The van der Waals surface area contributed by atoms with Gasteiger partial charge in [-0.25, -0.2) is 9.97 Å². The quantitative estimate of drug-likeness (QED) is 0.184. The van der Waals surface area contributed by atoms with Crippen molar-refractivity contribution < 1.29 is 0 Å². The van der Waals surface area contributed by atoms with E-state index in [9.17, 15) is 0 Å². The van der Waals surface area contributed by atoms with E-state index in [0.717, 1.165) is 72.6 Å². The predicted octanol–water partition coefficient (Wildman–Crippen LogP) is 11.7. The number of hydrogen-bond acceptors (Lipinski definition) is 2. The lowest BCUT2D eigenvalue weighted by Crippen LogP contribution is -2.05. The number of fused-ring (bicyclic) bond motifs is 6. The minimum absolute atomic E-state index is 0.781. The summed E-state index contributed by atoms with van der Waals surface area (Å²) < 4.78 is 4.64. The number of nitrogens with zero attached hydrogens (tertiary/aromatic N) is 4. The average molecular weight is 629 g/mol. The van der Waals surface area contributed by atoms with Gasteiger partial charge in [-0.05, 0) is 66.6 Å². The Balaban J connectivity index is 1.38. The molecule has 0 N–H and O–H groups in total. The van der Waals surface area contributed by atoms with Gasteiger partial charge in [0, 0.05) is 33.0 Å². The first-order valence-electron chi connectivity index (χ1n) is 16.6. The first-order valence-corrected chi connectivity index (χ1v) is 16.6. The van der Waals surface area contributed by atoms with Crippen molar-refractivity contribution >= 4 is 55.9 Å². The Hall–Kier alpha value is -6.52. The summed E-state index contributed by atoms with van der Waals surface area (Å²) in [6.07, 6.45) is 6.24. The standard InChI is InChI=1S/C45H32N4/c1-3-15-38-34(4-2)42-41(29-28-40-43(42)35-20-11-14-23-39(35)48(40)33-18-9-6-10-19-33)49(38)45-44(46-36-21-12-13-22-37(36)47-45)32-26-24-31(25-27-32)30-16-7-5-8-17-30/h3-29H,2H2,1H3/b15-3-. The molecule has 0 aliphatic heterocycles. The molecule has 0 atom stereocenters. The van der Waals surface area contributed by atoms with Crippen LogP contribution in [0.25, 0.3) is 89.8 Å². The summed E-state index contributed by atoms with van der Waals surface area (Å²) >= 11 is 0. The molecule has 0 aliphatic carbocycles. The third-order valence-corrected chi connectivity index (χ3v) is 9.42. The van der Waals surface area contributed by atoms with E-state index in [4.69, 9.17) is 9.97 Å². The van der Waals surface area contributed by atoms with Crippen LogP contribution in [0.1, 0.15) is 18.2 Å². The molecule has 4 heteroatoms. The fraction of sp³-hybridized carbons (Fsp3) is 0.0222. The summed E-state index contributed by atoms with van der Waals surface area (Å²) in [5.41, 5.74) is 12.4.